The van der Waals surface area contributed by atoms with Gasteiger partial charge in [-0.25, -0.2) is 4.79 Å². The van der Waals surface area contributed by atoms with Gasteiger partial charge in [-0.2, -0.15) is 5.10 Å². The molecule has 0 saturated carbocycles. The number of amides is 2. The standard InChI is InChI=1S/C18H26N4O3/c1-14-12-21-22(13-14)10-4-8-19-18(23)20-9-7-15-5-6-16(24-2)17(11-15)25-3/h5-6,11-13H,4,7-10H2,1-3H3,(H2,19,20,23). The van der Waals surface area contributed by atoms with Crippen molar-refractivity contribution in [2.24, 2.45) is 0 Å². The highest BCUT2D eigenvalue weighted by Crippen LogP contribution is 2.27. The van der Waals surface area contributed by atoms with Gasteiger partial charge in [0.2, 0.25) is 0 Å². The summed E-state index contributed by atoms with van der Waals surface area (Å²) in [5, 5.41) is 9.92. The molecule has 25 heavy (non-hydrogen) atoms. The third-order valence-corrected chi connectivity index (χ3v) is 3.76. The molecule has 2 aromatic rings. The molecular weight excluding hydrogens is 320 g/mol. The van der Waals surface area contributed by atoms with Gasteiger partial charge in [0.15, 0.2) is 11.5 Å². The molecule has 0 aliphatic carbocycles. The van der Waals surface area contributed by atoms with Crippen molar-refractivity contribution >= 4 is 6.03 Å². The van der Waals surface area contributed by atoms with Crippen LogP contribution in [0.2, 0.25) is 0 Å². The molecule has 0 atom stereocenters. The lowest BCUT2D eigenvalue weighted by molar-refractivity contribution is 0.240. The van der Waals surface area contributed by atoms with E-state index >= 15 is 0 Å². The molecule has 1 aromatic carbocycles. The fraction of sp³-hybridized carbons (Fsp3) is 0.444. The summed E-state index contributed by atoms with van der Waals surface area (Å²) in [4.78, 5) is 11.8. The number of carbonyl (C=O) groups excluding carboxylic acids is 1. The van der Waals surface area contributed by atoms with Crippen LogP contribution in [0.15, 0.2) is 30.6 Å². The molecule has 7 heteroatoms. The number of aryl methyl sites for hydroxylation is 2. The number of hydrogen-bond acceptors (Lipinski definition) is 4. The molecule has 2 rings (SSSR count). The van der Waals surface area contributed by atoms with Gasteiger partial charge < -0.3 is 20.1 Å². The van der Waals surface area contributed by atoms with Gasteiger partial charge in [0.05, 0.1) is 20.4 Å². The van der Waals surface area contributed by atoms with Gasteiger partial charge in [-0.15, -0.1) is 0 Å². The topological polar surface area (TPSA) is 77.4 Å². The third kappa shape index (κ3) is 6.02. The van der Waals surface area contributed by atoms with Crippen LogP contribution in [0.3, 0.4) is 0 Å². The largest absolute Gasteiger partial charge is 0.493 e. The highest BCUT2D eigenvalue weighted by atomic mass is 16.5. The van der Waals surface area contributed by atoms with Crippen LogP contribution in [0, 0.1) is 6.92 Å². The van der Waals surface area contributed by atoms with E-state index in [1.54, 1.807) is 14.2 Å². The van der Waals surface area contributed by atoms with Crippen molar-refractivity contribution in [3.8, 4) is 11.5 Å². The number of urea groups is 1. The van der Waals surface area contributed by atoms with Crippen LogP contribution in [-0.2, 0) is 13.0 Å². The Kier molecular flexibility index (Phi) is 7.13. The van der Waals surface area contributed by atoms with Crippen molar-refractivity contribution in [1.82, 2.24) is 20.4 Å². The Morgan fingerprint density at radius 2 is 1.92 bits per heavy atom. The predicted molar refractivity (Wildman–Crippen MR) is 96.2 cm³/mol. The first-order valence-corrected chi connectivity index (χ1v) is 8.34. The second-order valence-corrected chi connectivity index (χ2v) is 5.76. The van der Waals surface area contributed by atoms with Crippen LogP contribution in [0.25, 0.3) is 0 Å². The predicted octanol–water partition coefficient (Wildman–Crippen LogP) is 2.14. The number of hydrogen-bond donors (Lipinski definition) is 2. The summed E-state index contributed by atoms with van der Waals surface area (Å²) in [5.41, 5.74) is 2.22. The molecule has 0 unspecified atom stereocenters. The number of nitrogens with zero attached hydrogens (tertiary/aromatic N) is 2. The van der Waals surface area contributed by atoms with Crippen LogP contribution in [-0.4, -0.2) is 43.1 Å². The van der Waals surface area contributed by atoms with Crippen LogP contribution in [0.1, 0.15) is 17.5 Å². The van der Waals surface area contributed by atoms with E-state index in [1.165, 1.54) is 0 Å². The van der Waals surface area contributed by atoms with Crippen molar-refractivity contribution < 1.29 is 14.3 Å². The van der Waals surface area contributed by atoms with E-state index in [9.17, 15) is 4.79 Å². The maximum Gasteiger partial charge on any atom is 0.314 e. The minimum atomic E-state index is -0.155. The van der Waals surface area contributed by atoms with E-state index in [0.29, 0.717) is 24.6 Å². The van der Waals surface area contributed by atoms with Crippen LogP contribution in [0.4, 0.5) is 4.79 Å². The Balaban J connectivity index is 1.63. The number of aromatic nitrogens is 2. The lowest BCUT2D eigenvalue weighted by atomic mass is 10.1. The highest BCUT2D eigenvalue weighted by Gasteiger charge is 2.05. The summed E-state index contributed by atoms with van der Waals surface area (Å²) in [6.07, 6.45) is 5.38. The average Bonchev–Trinajstić information content (AvgIpc) is 3.03. The first-order chi connectivity index (χ1) is 12.1. The molecule has 2 amide bonds. The van der Waals surface area contributed by atoms with E-state index in [0.717, 1.165) is 30.5 Å². The Morgan fingerprint density at radius 1 is 1.16 bits per heavy atom. The second-order valence-electron chi connectivity index (χ2n) is 5.76. The molecule has 0 radical (unpaired) electrons. The van der Waals surface area contributed by atoms with Crippen LogP contribution < -0.4 is 20.1 Å². The molecule has 0 saturated heterocycles. The van der Waals surface area contributed by atoms with E-state index in [1.807, 2.05) is 42.2 Å². The lowest BCUT2D eigenvalue weighted by Gasteiger charge is -2.10. The molecule has 0 bridgehead atoms. The number of benzene rings is 1. The fourth-order valence-corrected chi connectivity index (χ4v) is 2.45. The van der Waals surface area contributed by atoms with E-state index in [2.05, 4.69) is 15.7 Å². The Bertz CT molecular complexity index is 685. The van der Waals surface area contributed by atoms with Gasteiger partial charge in [-0.3, -0.25) is 4.68 Å². The smallest absolute Gasteiger partial charge is 0.314 e. The molecule has 7 nitrogen and oxygen atoms in total. The molecule has 0 spiro atoms. The van der Waals surface area contributed by atoms with Gasteiger partial charge >= 0.3 is 6.03 Å². The van der Waals surface area contributed by atoms with Gasteiger partial charge in [-0.1, -0.05) is 6.07 Å². The molecule has 2 N–H and O–H groups in total. The van der Waals surface area contributed by atoms with Crippen molar-refractivity contribution in [2.75, 3.05) is 27.3 Å². The second kappa shape index (κ2) is 9.56. The fourth-order valence-electron chi connectivity index (χ4n) is 2.45. The Hall–Kier alpha value is -2.70. The number of rotatable bonds is 9. The summed E-state index contributed by atoms with van der Waals surface area (Å²) in [5.74, 6) is 1.39. The number of carbonyl (C=O) groups is 1. The molecule has 0 aliphatic rings. The average molecular weight is 346 g/mol. The minimum absolute atomic E-state index is 0.155. The lowest BCUT2D eigenvalue weighted by Crippen LogP contribution is -2.37. The summed E-state index contributed by atoms with van der Waals surface area (Å²) < 4.78 is 12.4. The zero-order chi connectivity index (χ0) is 18.1. The maximum atomic E-state index is 11.8. The van der Waals surface area contributed by atoms with E-state index in [-0.39, 0.29) is 6.03 Å². The van der Waals surface area contributed by atoms with Crippen molar-refractivity contribution in [2.45, 2.75) is 26.3 Å². The number of nitrogens with one attached hydrogen (secondary N) is 2. The molecule has 136 valence electrons. The third-order valence-electron chi connectivity index (χ3n) is 3.76. The molecule has 1 aromatic heterocycles. The minimum Gasteiger partial charge on any atom is -0.493 e. The zero-order valence-electron chi connectivity index (χ0n) is 15.0. The highest BCUT2D eigenvalue weighted by molar-refractivity contribution is 5.73. The van der Waals surface area contributed by atoms with Crippen molar-refractivity contribution in [1.29, 1.82) is 0 Å². The van der Waals surface area contributed by atoms with Crippen LogP contribution in [0.5, 0.6) is 11.5 Å². The summed E-state index contributed by atoms with van der Waals surface area (Å²) in [7, 11) is 3.22. The van der Waals surface area contributed by atoms with Gasteiger partial charge in [0.1, 0.15) is 0 Å². The van der Waals surface area contributed by atoms with E-state index in [4.69, 9.17) is 9.47 Å². The first-order valence-electron chi connectivity index (χ1n) is 8.34. The molecular formula is C18H26N4O3. The van der Waals surface area contributed by atoms with E-state index < -0.39 is 0 Å². The summed E-state index contributed by atoms with van der Waals surface area (Å²) in [6.45, 7) is 3.97. The summed E-state index contributed by atoms with van der Waals surface area (Å²) >= 11 is 0. The van der Waals surface area contributed by atoms with Crippen molar-refractivity contribution in [3.63, 3.8) is 0 Å². The van der Waals surface area contributed by atoms with Crippen LogP contribution >= 0.6 is 0 Å². The quantitative estimate of drug-likeness (QED) is 0.682. The van der Waals surface area contributed by atoms with Gasteiger partial charge in [-0.05, 0) is 43.0 Å². The first kappa shape index (κ1) is 18.6. The number of methoxy groups -OCH3 is 2. The SMILES string of the molecule is COc1ccc(CCNC(=O)NCCCn2cc(C)cn2)cc1OC. The monoisotopic (exact) mass is 346 g/mol. The Labute approximate surface area is 148 Å². The number of ether oxygens (including phenoxy) is 2. The normalized spacial score (nSPS) is 10.4. The Morgan fingerprint density at radius 3 is 2.60 bits per heavy atom. The summed E-state index contributed by atoms with van der Waals surface area (Å²) in [6, 6.07) is 5.60. The van der Waals surface area contributed by atoms with Gasteiger partial charge in [0.25, 0.3) is 0 Å². The van der Waals surface area contributed by atoms with Gasteiger partial charge in [0, 0.05) is 25.8 Å². The molecule has 0 aliphatic heterocycles. The molecule has 1 heterocycles. The van der Waals surface area contributed by atoms with Crippen molar-refractivity contribution in [3.05, 3.63) is 41.7 Å². The maximum absolute atomic E-state index is 11.8. The zero-order valence-corrected chi connectivity index (χ0v) is 15.0. The molecule has 0 fully saturated rings.